The van der Waals surface area contributed by atoms with E-state index in [-0.39, 0.29) is 17.2 Å². The third-order valence-corrected chi connectivity index (χ3v) is 3.66. The maximum atomic E-state index is 11.7. The van der Waals surface area contributed by atoms with Crippen LogP contribution in [0.5, 0.6) is 11.5 Å². The number of aromatic nitrogens is 2. The summed E-state index contributed by atoms with van der Waals surface area (Å²) in [6.45, 7) is 2.48. The van der Waals surface area contributed by atoms with Gasteiger partial charge in [-0.3, -0.25) is 14.3 Å². The summed E-state index contributed by atoms with van der Waals surface area (Å²) in [4.78, 5) is 23.1. The molecule has 28 heavy (non-hydrogen) atoms. The van der Waals surface area contributed by atoms with Crippen molar-refractivity contribution in [3.05, 3.63) is 53.4 Å². The van der Waals surface area contributed by atoms with Crippen molar-refractivity contribution < 1.29 is 19.1 Å². The number of nitrogens with two attached hydrogens (primary N) is 1. The maximum absolute atomic E-state index is 11.7. The largest absolute Gasteiger partial charge is 0.497 e. The van der Waals surface area contributed by atoms with Gasteiger partial charge < -0.3 is 20.5 Å². The molecule has 0 saturated heterocycles. The van der Waals surface area contributed by atoms with E-state index in [1.165, 1.54) is 17.0 Å². The molecule has 0 fully saturated rings. The lowest BCUT2D eigenvalue weighted by molar-refractivity contribution is -0.116. The summed E-state index contributed by atoms with van der Waals surface area (Å²) >= 11 is 0. The minimum atomic E-state index is -0.628. The fourth-order valence-electron chi connectivity index (χ4n) is 2.32. The first kappa shape index (κ1) is 20.6. The van der Waals surface area contributed by atoms with E-state index in [0.717, 1.165) is 0 Å². The van der Waals surface area contributed by atoms with Crippen LogP contribution in [-0.4, -0.2) is 42.4 Å². The van der Waals surface area contributed by atoms with Crippen molar-refractivity contribution in [3.63, 3.8) is 0 Å². The van der Waals surface area contributed by atoms with Crippen LogP contribution in [0.1, 0.15) is 28.5 Å². The van der Waals surface area contributed by atoms with Gasteiger partial charge in [0, 0.05) is 24.4 Å². The summed E-state index contributed by atoms with van der Waals surface area (Å²) in [5.41, 5.74) is 6.53. The van der Waals surface area contributed by atoms with Crippen molar-refractivity contribution in [1.29, 1.82) is 0 Å². The monoisotopic (exact) mass is 382 g/mol. The van der Waals surface area contributed by atoms with Crippen LogP contribution >= 0.6 is 0 Å². The van der Waals surface area contributed by atoms with Crippen molar-refractivity contribution in [2.75, 3.05) is 20.8 Å². The van der Waals surface area contributed by atoms with Crippen LogP contribution < -0.4 is 20.5 Å². The lowest BCUT2D eigenvalue weighted by Gasteiger charge is -2.04. The molecule has 0 radical (unpaired) electrons. The Bertz CT molecular complexity index is 929. The molecule has 3 N–H and O–H groups in total. The van der Waals surface area contributed by atoms with E-state index < -0.39 is 5.91 Å². The van der Waals surface area contributed by atoms with Gasteiger partial charge in [0.15, 0.2) is 0 Å². The number of rotatable bonds is 7. The number of amides is 2. The lowest BCUT2D eigenvalue weighted by atomic mass is 10.2. The van der Waals surface area contributed by atoms with E-state index in [1.807, 2.05) is 0 Å². The fraction of sp³-hybridized carbons (Fsp3) is 0.250. The van der Waals surface area contributed by atoms with Gasteiger partial charge in [0.2, 0.25) is 5.91 Å². The van der Waals surface area contributed by atoms with E-state index in [2.05, 4.69) is 22.3 Å². The second-order valence-corrected chi connectivity index (χ2v) is 5.66. The van der Waals surface area contributed by atoms with Gasteiger partial charge >= 0.3 is 0 Å². The Balaban J connectivity index is 2.22. The molecule has 0 unspecified atom stereocenters. The summed E-state index contributed by atoms with van der Waals surface area (Å²) in [7, 11) is 3.10. The first-order valence-corrected chi connectivity index (χ1v) is 8.49. The van der Waals surface area contributed by atoms with Gasteiger partial charge in [-0.25, -0.2) is 0 Å². The van der Waals surface area contributed by atoms with Crippen molar-refractivity contribution in [1.82, 2.24) is 15.1 Å². The number of hydrogen-bond acceptors (Lipinski definition) is 5. The number of methoxy groups -OCH3 is 2. The number of nitrogens with zero attached hydrogens (tertiary/aromatic N) is 2. The molecule has 0 atom stereocenters. The zero-order chi connectivity index (χ0) is 20.5. The van der Waals surface area contributed by atoms with E-state index >= 15 is 0 Å². The molecule has 1 heterocycles. The highest BCUT2D eigenvalue weighted by Gasteiger charge is 2.12. The van der Waals surface area contributed by atoms with E-state index in [1.54, 1.807) is 45.4 Å². The lowest BCUT2D eigenvalue weighted by Crippen LogP contribution is -2.25. The minimum absolute atomic E-state index is 0.197. The molecule has 0 aliphatic rings. The van der Waals surface area contributed by atoms with Gasteiger partial charge in [-0.1, -0.05) is 12.0 Å². The average Bonchev–Trinajstić information content (AvgIpc) is 3.09. The third-order valence-electron chi connectivity index (χ3n) is 3.66. The highest BCUT2D eigenvalue weighted by molar-refractivity contribution is 5.94. The summed E-state index contributed by atoms with van der Waals surface area (Å²) in [6.07, 6.45) is 4.59. The molecule has 146 valence electrons. The molecule has 0 spiro atoms. The number of allylic oxidation sites excluding steroid dienone is 1. The topological polar surface area (TPSA) is 108 Å². The molecule has 0 bridgehead atoms. The van der Waals surface area contributed by atoms with Gasteiger partial charge in [0.25, 0.3) is 5.91 Å². The Hall–Kier alpha value is -3.73. The zero-order valence-electron chi connectivity index (χ0n) is 16.0. The van der Waals surface area contributed by atoms with Crippen LogP contribution in [0.15, 0.2) is 36.5 Å². The quantitative estimate of drug-likeness (QED) is 0.550. The van der Waals surface area contributed by atoms with Crippen molar-refractivity contribution in [3.8, 4) is 23.3 Å². The smallest absolute Gasteiger partial charge is 0.253 e. The number of nitrogens with one attached hydrogen (secondary N) is 1. The number of primary amides is 1. The fourth-order valence-corrected chi connectivity index (χ4v) is 2.32. The summed E-state index contributed by atoms with van der Waals surface area (Å²) in [6, 6.07) is 5.22. The molecule has 0 saturated carbocycles. The molecule has 1 aromatic carbocycles. The van der Waals surface area contributed by atoms with E-state index in [4.69, 9.17) is 15.2 Å². The van der Waals surface area contributed by atoms with Gasteiger partial charge in [0.1, 0.15) is 17.2 Å². The highest BCUT2D eigenvalue weighted by atomic mass is 16.5. The maximum Gasteiger partial charge on any atom is 0.253 e. The Morgan fingerprint density at radius 3 is 2.46 bits per heavy atom. The van der Waals surface area contributed by atoms with Gasteiger partial charge in [-0.2, -0.15) is 5.10 Å². The van der Waals surface area contributed by atoms with Gasteiger partial charge in [-0.05, 0) is 31.1 Å². The molecule has 0 aliphatic heterocycles. The van der Waals surface area contributed by atoms with Crippen molar-refractivity contribution in [2.24, 2.45) is 5.73 Å². The van der Waals surface area contributed by atoms with Crippen LogP contribution in [0.3, 0.4) is 0 Å². The molecular formula is C20H22N4O4. The molecule has 2 rings (SSSR count). The second-order valence-electron chi connectivity index (χ2n) is 5.66. The van der Waals surface area contributed by atoms with Crippen molar-refractivity contribution >= 4 is 11.8 Å². The number of carbonyl (C=O) groups excluding carboxylic acids is 2. The first-order valence-electron chi connectivity index (χ1n) is 8.49. The van der Waals surface area contributed by atoms with Gasteiger partial charge in [0.05, 0.1) is 26.3 Å². The number of ether oxygens (including phenoxy) is 2. The molecule has 8 nitrogen and oxygen atoms in total. The molecule has 0 aliphatic carbocycles. The predicted molar refractivity (Wildman–Crippen MR) is 104 cm³/mol. The Kier molecular flexibility index (Phi) is 7.22. The Morgan fingerprint density at radius 2 is 1.89 bits per heavy atom. The second kappa shape index (κ2) is 9.83. The summed E-state index contributed by atoms with van der Waals surface area (Å²) < 4.78 is 12.0. The number of carbonyl (C=O) groups is 2. The van der Waals surface area contributed by atoms with Crippen LogP contribution in [0, 0.1) is 11.8 Å². The average molecular weight is 382 g/mol. The molecule has 1 aromatic heterocycles. The van der Waals surface area contributed by atoms with Crippen LogP contribution in [0.2, 0.25) is 0 Å². The normalized spacial score (nSPS) is 10.2. The molecule has 8 heteroatoms. The van der Waals surface area contributed by atoms with E-state index in [9.17, 15) is 9.59 Å². The zero-order valence-corrected chi connectivity index (χ0v) is 16.0. The van der Waals surface area contributed by atoms with Gasteiger partial charge in [-0.15, -0.1) is 0 Å². The summed E-state index contributed by atoms with van der Waals surface area (Å²) in [5.74, 6) is 6.17. The molecule has 2 aromatic rings. The first-order chi connectivity index (χ1) is 13.5. The highest BCUT2D eigenvalue weighted by Crippen LogP contribution is 2.21. The number of benzene rings is 1. The van der Waals surface area contributed by atoms with Crippen LogP contribution in [0.4, 0.5) is 0 Å². The third kappa shape index (κ3) is 5.64. The van der Waals surface area contributed by atoms with Crippen LogP contribution in [0.25, 0.3) is 0 Å². The van der Waals surface area contributed by atoms with E-state index in [0.29, 0.717) is 30.2 Å². The SMILES string of the molecule is CC=CC(=O)NCCn1cc(C(N)=O)c(C#Cc2cc(OC)cc(OC)c2)n1. The predicted octanol–water partition coefficient (Wildman–Crippen LogP) is 1.09. The summed E-state index contributed by atoms with van der Waals surface area (Å²) in [5, 5.41) is 6.99. The standard InChI is InChI=1S/C20H22N4O4/c1-4-5-19(25)22-8-9-24-13-17(20(21)26)18(23-24)7-6-14-10-15(27-2)12-16(11-14)28-3/h4-5,10-13H,8-9H2,1-3H3,(H2,21,26)(H,22,25). The Morgan fingerprint density at radius 1 is 1.21 bits per heavy atom. The minimum Gasteiger partial charge on any atom is -0.497 e. The number of hydrogen-bond donors (Lipinski definition) is 2. The van der Waals surface area contributed by atoms with Crippen molar-refractivity contribution in [2.45, 2.75) is 13.5 Å². The molecular weight excluding hydrogens is 360 g/mol. The van der Waals surface area contributed by atoms with Crippen LogP contribution in [-0.2, 0) is 11.3 Å². The molecule has 2 amide bonds. The Labute approximate surface area is 163 Å².